The highest BCUT2D eigenvalue weighted by molar-refractivity contribution is 5.47. The van der Waals surface area contributed by atoms with Crippen molar-refractivity contribution in [3.8, 4) is 5.75 Å². The molecule has 0 radical (unpaired) electrons. The van der Waals surface area contributed by atoms with Crippen molar-refractivity contribution < 1.29 is 4.74 Å². The van der Waals surface area contributed by atoms with Gasteiger partial charge >= 0.3 is 0 Å². The number of nitrogens with zero attached hydrogens (tertiary/aromatic N) is 1. The molecule has 1 fully saturated rings. The molecule has 3 nitrogen and oxygen atoms in total. The smallest absolute Gasteiger partial charge is 0.127 e. The molecule has 1 saturated heterocycles. The first-order valence-electron chi connectivity index (χ1n) is 7.61. The van der Waals surface area contributed by atoms with E-state index in [0.29, 0.717) is 12.0 Å². The van der Waals surface area contributed by atoms with E-state index in [1.54, 1.807) is 0 Å². The molecule has 0 amide bonds. The predicted octanol–water partition coefficient (Wildman–Crippen LogP) is 3.04. The summed E-state index contributed by atoms with van der Waals surface area (Å²) in [6, 6.07) is 4.87. The maximum absolute atomic E-state index is 6.13. The van der Waals surface area contributed by atoms with Crippen LogP contribution < -0.4 is 10.5 Å². The molecule has 1 heterocycles. The minimum absolute atomic E-state index is 0.200. The van der Waals surface area contributed by atoms with E-state index < -0.39 is 0 Å². The fourth-order valence-corrected chi connectivity index (χ4v) is 3.11. The van der Waals surface area contributed by atoms with E-state index in [2.05, 4.69) is 51.8 Å². The zero-order valence-electron chi connectivity index (χ0n) is 13.4. The monoisotopic (exact) mass is 276 g/mol. The second-order valence-corrected chi connectivity index (χ2v) is 6.39. The number of ether oxygens (including phenoxy) is 1. The van der Waals surface area contributed by atoms with Crippen LogP contribution in [0.2, 0.25) is 0 Å². The lowest BCUT2D eigenvalue weighted by atomic mass is 9.95. The number of likely N-dealkylation sites (tertiary alicyclic amines) is 1. The van der Waals surface area contributed by atoms with Gasteiger partial charge in [0.25, 0.3) is 0 Å². The molecule has 2 unspecified atom stereocenters. The van der Waals surface area contributed by atoms with Crippen molar-refractivity contribution in [3.05, 3.63) is 28.8 Å². The molecular weight excluding hydrogens is 248 g/mol. The van der Waals surface area contributed by atoms with Gasteiger partial charge in [0.1, 0.15) is 5.75 Å². The van der Waals surface area contributed by atoms with Crippen molar-refractivity contribution in [2.24, 2.45) is 11.7 Å². The molecule has 2 atom stereocenters. The largest absolute Gasteiger partial charge is 0.490 e. The van der Waals surface area contributed by atoms with E-state index in [9.17, 15) is 0 Å². The van der Waals surface area contributed by atoms with Crippen molar-refractivity contribution in [2.75, 3.05) is 20.1 Å². The Bertz CT molecular complexity index is 470. The Morgan fingerprint density at radius 2 is 2.05 bits per heavy atom. The molecule has 0 spiro atoms. The Hall–Kier alpha value is -1.06. The van der Waals surface area contributed by atoms with Crippen molar-refractivity contribution >= 4 is 0 Å². The summed E-state index contributed by atoms with van der Waals surface area (Å²) in [6.07, 6.45) is 1.33. The summed E-state index contributed by atoms with van der Waals surface area (Å²) in [5.74, 6) is 1.67. The molecular formula is C17H28N2O. The van der Waals surface area contributed by atoms with Gasteiger partial charge in [-0.1, -0.05) is 12.1 Å². The van der Waals surface area contributed by atoms with Crippen LogP contribution in [0.3, 0.4) is 0 Å². The summed E-state index contributed by atoms with van der Waals surface area (Å²) >= 11 is 0. The summed E-state index contributed by atoms with van der Waals surface area (Å²) in [7, 11) is 2.19. The lowest BCUT2D eigenvalue weighted by Crippen LogP contribution is -2.21. The first kappa shape index (κ1) is 15.3. The number of nitrogens with two attached hydrogens (primary N) is 1. The third-order valence-corrected chi connectivity index (χ3v) is 4.39. The Morgan fingerprint density at radius 1 is 1.35 bits per heavy atom. The Kier molecular flexibility index (Phi) is 4.71. The minimum Gasteiger partial charge on any atom is -0.490 e. The zero-order valence-corrected chi connectivity index (χ0v) is 13.4. The molecule has 2 N–H and O–H groups in total. The van der Waals surface area contributed by atoms with Gasteiger partial charge in [0.05, 0.1) is 6.10 Å². The highest BCUT2D eigenvalue weighted by atomic mass is 16.5. The first-order valence-corrected chi connectivity index (χ1v) is 7.61. The Morgan fingerprint density at radius 3 is 2.60 bits per heavy atom. The molecule has 20 heavy (non-hydrogen) atoms. The predicted molar refractivity (Wildman–Crippen MR) is 84.2 cm³/mol. The molecule has 1 aliphatic heterocycles. The maximum atomic E-state index is 6.13. The van der Waals surface area contributed by atoms with E-state index in [1.807, 2.05) is 0 Å². The lowest BCUT2D eigenvalue weighted by molar-refractivity contribution is 0.228. The number of hydrogen-bond donors (Lipinski definition) is 1. The summed E-state index contributed by atoms with van der Waals surface area (Å²) < 4.78 is 6.13. The van der Waals surface area contributed by atoms with Crippen molar-refractivity contribution in [1.82, 2.24) is 4.90 Å². The van der Waals surface area contributed by atoms with Crippen LogP contribution in [0.5, 0.6) is 5.75 Å². The van der Waals surface area contributed by atoms with Crippen LogP contribution in [-0.4, -0.2) is 31.1 Å². The van der Waals surface area contributed by atoms with Crippen LogP contribution in [0.4, 0.5) is 0 Å². The van der Waals surface area contributed by atoms with Crippen molar-refractivity contribution in [2.45, 2.75) is 46.3 Å². The molecule has 0 aromatic heterocycles. The standard InChI is InChI=1S/C17H28N2O/c1-11(2)20-17-13(4)12(3)6-7-15(17)16-8-14(9-18)10-19(16)5/h6-7,11,14,16H,8-10,18H2,1-5H3. The maximum Gasteiger partial charge on any atom is 0.127 e. The molecule has 1 aromatic rings. The molecule has 0 bridgehead atoms. The number of aryl methyl sites for hydroxylation is 1. The van der Waals surface area contributed by atoms with Gasteiger partial charge in [-0.3, -0.25) is 4.90 Å². The van der Waals surface area contributed by atoms with E-state index >= 15 is 0 Å². The molecule has 1 aliphatic rings. The SMILES string of the molecule is Cc1ccc(C2CC(CN)CN2C)c(OC(C)C)c1C. The van der Waals surface area contributed by atoms with E-state index in [4.69, 9.17) is 10.5 Å². The summed E-state index contributed by atoms with van der Waals surface area (Å²) in [5.41, 5.74) is 9.73. The number of hydrogen-bond acceptors (Lipinski definition) is 3. The van der Waals surface area contributed by atoms with E-state index in [1.165, 1.54) is 16.7 Å². The highest BCUT2D eigenvalue weighted by Gasteiger charge is 2.32. The molecule has 112 valence electrons. The zero-order chi connectivity index (χ0) is 14.9. The molecule has 0 aliphatic carbocycles. The van der Waals surface area contributed by atoms with Crippen LogP contribution in [0.25, 0.3) is 0 Å². The fraction of sp³-hybridized carbons (Fsp3) is 0.647. The van der Waals surface area contributed by atoms with Crippen LogP contribution in [0.15, 0.2) is 12.1 Å². The average Bonchev–Trinajstić information content (AvgIpc) is 2.76. The van der Waals surface area contributed by atoms with Gasteiger partial charge in [0, 0.05) is 18.2 Å². The second-order valence-electron chi connectivity index (χ2n) is 6.39. The topological polar surface area (TPSA) is 38.5 Å². The van der Waals surface area contributed by atoms with Gasteiger partial charge in [-0.25, -0.2) is 0 Å². The fourth-order valence-electron chi connectivity index (χ4n) is 3.11. The quantitative estimate of drug-likeness (QED) is 0.918. The van der Waals surface area contributed by atoms with E-state index in [-0.39, 0.29) is 6.10 Å². The summed E-state index contributed by atoms with van der Waals surface area (Å²) in [4.78, 5) is 2.41. The second kappa shape index (κ2) is 6.15. The van der Waals surface area contributed by atoms with Crippen LogP contribution >= 0.6 is 0 Å². The van der Waals surface area contributed by atoms with Gasteiger partial charge in [0.15, 0.2) is 0 Å². The van der Waals surface area contributed by atoms with Gasteiger partial charge in [-0.05, 0) is 64.8 Å². The van der Waals surface area contributed by atoms with Crippen LogP contribution in [0.1, 0.15) is 43.0 Å². The lowest BCUT2D eigenvalue weighted by Gasteiger charge is -2.25. The Balaban J connectivity index is 2.38. The van der Waals surface area contributed by atoms with Gasteiger partial charge in [0.2, 0.25) is 0 Å². The van der Waals surface area contributed by atoms with E-state index in [0.717, 1.165) is 25.3 Å². The number of rotatable bonds is 4. The van der Waals surface area contributed by atoms with Crippen molar-refractivity contribution in [1.29, 1.82) is 0 Å². The first-order chi connectivity index (χ1) is 9.43. The van der Waals surface area contributed by atoms with Gasteiger partial charge in [-0.2, -0.15) is 0 Å². The molecule has 2 rings (SSSR count). The third-order valence-electron chi connectivity index (χ3n) is 4.39. The minimum atomic E-state index is 0.200. The van der Waals surface area contributed by atoms with Gasteiger partial charge in [-0.15, -0.1) is 0 Å². The third kappa shape index (κ3) is 2.99. The molecule has 3 heteroatoms. The van der Waals surface area contributed by atoms with Crippen molar-refractivity contribution in [3.63, 3.8) is 0 Å². The van der Waals surface area contributed by atoms with Crippen LogP contribution in [-0.2, 0) is 0 Å². The highest BCUT2D eigenvalue weighted by Crippen LogP contribution is 2.40. The van der Waals surface area contributed by atoms with Crippen LogP contribution in [0, 0.1) is 19.8 Å². The Labute approximate surface area is 123 Å². The number of benzene rings is 1. The molecule has 1 aromatic carbocycles. The normalized spacial score (nSPS) is 23.6. The summed E-state index contributed by atoms with van der Waals surface area (Å²) in [6.45, 7) is 10.3. The summed E-state index contributed by atoms with van der Waals surface area (Å²) in [5, 5.41) is 0. The average molecular weight is 276 g/mol. The molecule has 0 saturated carbocycles. The van der Waals surface area contributed by atoms with Gasteiger partial charge < -0.3 is 10.5 Å².